The van der Waals surface area contributed by atoms with Crippen molar-refractivity contribution in [3.63, 3.8) is 0 Å². The van der Waals surface area contributed by atoms with E-state index < -0.39 is 28.5 Å². The second-order valence-corrected chi connectivity index (χ2v) is 9.51. The summed E-state index contributed by atoms with van der Waals surface area (Å²) in [6.45, 7) is -0.524. The SMILES string of the molecule is COc1ccc(-c2nnc(NC(=O)CN(c3ccc(F)cc3)S(=O)(=O)N(C)C)s2)cc1. The number of carbonyl (C=O) groups is 1. The van der Waals surface area contributed by atoms with Crippen LogP contribution in [-0.2, 0) is 15.0 Å². The van der Waals surface area contributed by atoms with Gasteiger partial charge in [0.1, 0.15) is 23.1 Å². The fourth-order valence-corrected chi connectivity index (χ4v) is 4.35. The molecule has 31 heavy (non-hydrogen) atoms. The van der Waals surface area contributed by atoms with Gasteiger partial charge >= 0.3 is 10.2 Å². The van der Waals surface area contributed by atoms with Crippen molar-refractivity contribution in [2.45, 2.75) is 0 Å². The van der Waals surface area contributed by atoms with Crippen molar-refractivity contribution in [3.05, 3.63) is 54.3 Å². The van der Waals surface area contributed by atoms with Crippen LogP contribution in [0.25, 0.3) is 10.6 Å². The Morgan fingerprint density at radius 3 is 2.32 bits per heavy atom. The predicted octanol–water partition coefficient (Wildman–Crippen LogP) is 2.60. The average Bonchev–Trinajstić information content (AvgIpc) is 3.21. The second-order valence-electron chi connectivity index (χ2n) is 6.46. The van der Waals surface area contributed by atoms with E-state index in [2.05, 4.69) is 15.5 Å². The maximum atomic E-state index is 13.3. The lowest BCUT2D eigenvalue weighted by Crippen LogP contribution is -2.44. The highest BCUT2D eigenvalue weighted by Gasteiger charge is 2.27. The fourth-order valence-electron chi connectivity index (χ4n) is 2.52. The minimum Gasteiger partial charge on any atom is -0.497 e. The first-order chi connectivity index (χ1) is 14.7. The molecular formula is C19H20FN5O4S2. The molecule has 1 heterocycles. The summed E-state index contributed by atoms with van der Waals surface area (Å²) in [5, 5.41) is 11.3. The zero-order chi connectivity index (χ0) is 22.6. The number of carbonyl (C=O) groups excluding carboxylic acids is 1. The van der Waals surface area contributed by atoms with E-state index in [0.717, 1.165) is 37.6 Å². The minimum absolute atomic E-state index is 0.154. The highest BCUT2D eigenvalue weighted by molar-refractivity contribution is 7.90. The summed E-state index contributed by atoms with van der Waals surface area (Å²) >= 11 is 1.14. The molecule has 3 aromatic rings. The van der Waals surface area contributed by atoms with E-state index in [1.165, 1.54) is 26.2 Å². The lowest BCUT2D eigenvalue weighted by Gasteiger charge is -2.26. The average molecular weight is 466 g/mol. The summed E-state index contributed by atoms with van der Waals surface area (Å²) < 4.78 is 45.6. The smallest absolute Gasteiger partial charge is 0.304 e. The van der Waals surface area contributed by atoms with Crippen molar-refractivity contribution >= 4 is 38.3 Å². The largest absolute Gasteiger partial charge is 0.497 e. The molecule has 0 aliphatic carbocycles. The van der Waals surface area contributed by atoms with Crippen LogP contribution in [0.15, 0.2) is 48.5 Å². The lowest BCUT2D eigenvalue weighted by molar-refractivity contribution is -0.114. The number of methoxy groups -OCH3 is 1. The fraction of sp³-hybridized carbons (Fsp3) is 0.211. The molecule has 0 unspecified atom stereocenters. The van der Waals surface area contributed by atoms with Crippen molar-refractivity contribution in [1.29, 1.82) is 0 Å². The van der Waals surface area contributed by atoms with E-state index >= 15 is 0 Å². The van der Waals surface area contributed by atoms with Gasteiger partial charge in [0.05, 0.1) is 12.8 Å². The summed E-state index contributed by atoms with van der Waals surface area (Å²) in [6, 6.07) is 12.0. The molecule has 9 nitrogen and oxygen atoms in total. The topological polar surface area (TPSA) is 105 Å². The van der Waals surface area contributed by atoms with E-state index in [4.69, 9.17) is 4.74 Å². The molecule has 0 saturated heterocycles. The van der Waals surface area contributed by atoms with Crippen molar-refractivity contribution in [3.8, 4) is 16.3 Å². The Balaban J connectivity index is 1.76. The summed E-state index contributed by atoms with van der Waals surface area (Å²) in [5.74, 6) is -0.438. The van der Waals surface area contributed by atoms with Crippen molar-refractivity contribution in [2.75, 3.05) is 37.4 Å². The van der Waals surface area contributed by atoms with Gasteiger partial charge in [-0.05, 0) is 48.5 Å². The molecule has 164 valence electrons. The number of nitrogens with one attached hydrogen (secondary N) is 1. The molecule has 1 amide bonds. The number of benzene rings is 2. The van der Waals surface area contributed by atoms with Crippen LogP contribution in [0.3, 0.4) is 0 Å². The van der Waals surface area contributed by atoms with E-state index in [9.17, 15) is 17.6 Å². The van der Waals surface area contributed by atoms with E-state index in [0.29, 0.717) is 10.8 Å². The van der Waals surface area contributed by atoms with Gasteiger partial charge < -0.3 is 4.74 Å². The molecular weight excluding hydrogens is 445 g/mol. The highest BCUT2D eigenvalue weighted by atomic mass is 32.2. The van der Waals surface area contributed by atoms with Crippen molar-refractivity contribution < 1.29 is 22.3 Å². The second kappa shape index (κ2) is 9.37. The minimum atomic E-state index is -4.00. The number of hydrogen-bond acceptors (Lipinski definition) is 7. The molecule has 0 fully saturated rings. The zero-order valence-electron chi connectivity index (χ0n) is 16.9. The van der Waals surface area contributed by atoms with Gasteiger partial charge in [0, 0.05) is 19.7 Å². The highest BCUT2D eigenvalue weighted by Crippen LogP contribution is 2.28. The van der Waals surface area contributed by atoms with Gasteiger partial charge in [0.2, 0.25) is 11.0 Å². The Kier molecular flexibility index (Phi) is 6.83. The Labute approximate surface area is 183 Å². The molecule has 0 spiro atoms. The Hall–Kier alpha value is -3.09. The molecule has 0 atom stereocenters. The molecule has 3 rings (SSSR count). The van der Waals surface area contributed by atoms with Crippen molar-refractivity contribution in [1.82, 2.24) is 14.5 Å². The third-order valence-corrected chi connectivity index (χ3v) is 6.86. The number of anilines is 2. The van der Waals surface area contributed by atoms with Gasteiger partial charge in [-0.15, -0.1) is 10.2 Å². The Bertz CT molecular complexity index is 1150. The van der Waals surface area contributed by atoms with Crippen LogP contribution in [0.2, 0.25) is 0 Å². The standard InChI is InChI=1S/C19H20FN5O4S2/c1-24(2)31(27,28)25(15-8-6-14(20)7-9-15)12-17(26)21-19-23-22-18(30-19)13-4-10-16(29-3)11-5-13/h4-11H,12H2,1-3H3,(H,21,23,26). The number of rotatable bonds is 8. The van der Waals surface area contributed by atoms with Crippen LogP contribution in [0.5, 0.6) is 5.75 Å². The molecule has 0 saturated carbocycles. The quantitative estimate of drug-likeness (QED) is 0.548. The van der Waals surface area contributed by atoms with E-state index in [-0.39, 0.29) is 10.8 Å². The van der Waals surface area contributed by atoms with Gasteiger partial charge in [-0.25, -0.2) is 8.70 Å². The Morgan fingerprint density at radius 1 is 1.10 bits per heavy atom. The molecule has 0 aliphatic rings. The first-order valence-electron chi connectivity index (χ1n) is 8.94. The molecule has 12 heteroatoms. The monoisotopic (exact) mass is 465 g/mol. The number of nitrogens with zero attached hydrogens (tertiary/aromatic N) is 4. The van der Waals surface area contributed by atoms with Gasteiger partial charge in [0.25, 0.3) is 0 Å². The zero-order valence-corrected chi connectivity index (χ0v) is 18.6. The molecule has 0 radical (unpaired) electrons. The van der Waals surface area contributed by atoms with Gasteiger partial charge in [-0.1, -0.05) is 11.3 Å². The van der Waals surface area contributed by atoms with Gasteiger partial charge in [0.15, 0.2) is 0 Å². The maximum Gasteiger partial charge on any atom is 0.304 e. The molecule has 1 aromatic heterocycles. The van der Waals surface area contributed by atoms with Crippen LogP contribution in [0.4, 0.5) is 15.2 Å². The number of halogens is 1. The number of aromatic nitrogens is 2. The van der Waals surface area contributed by atoms with Crippen LogP contribution in [-0.4, -0.2) is 56.6 Å². The first-order valence-corrected chi connectivity index (χ1v) is 11.2. The number of amides is 1. The van der Waals surface area contributed by atoms with Crippen LogP contribution in [0.1, 0.15) is 0 Å². The summed E-state index contributed by atoms with van der Waals surface area (Å²) in [7, 11) is 0.257. The lowest BCUT2D eigenvalue weighted by atomic mass is 10.2. The summed E-state index contributed by atoms with van der Waals surface area (Å²) in [6.07, 6.45) is 0. The third-order valence-electron chi connectivity index (χ3n) is 4.15. The van der Waals surface area contributed by atoms with Gasteiger partial charge in [-0.2, -0.15) is 12.7 Å². The van der Waals surface area contributed by atoms with Gasteiger partial charge in [-0.3, -0.25) is 10.1 Å². The normalized spacial score (nSPS) is 11.4. The van der Waals surface area contributed by atoms with Crippen LogP contribution in [0, 0.1) is 5.82 Å². The maximum absolute atomic E-state index is 13.3. The molecule has 1 N–H and O–H groups in total. The number of ether oxygens (including phenoxy) is 1. The summed E-state index contributed by atoms with van der Waals surface area (Å²) in [5.41, 5.74) is 0.948. The predicted molar refractivity (Wildman–Crippen MR) is 117 cm³/mol. The van der Waals surface area contributed by atoms with Crippen LogP contribution >= 0.6 is 11.3 Å². The third kappa shape index (κ3) is 5.34. The number of hydrogen-bond donors (Lipinski definition) is 1. The molecule has 2 aromatic carbocycles. The summed E-state index contributed by atoms with van der Waals surface area (Å²) in [4.78, 5) is 12.6. The van der Waals surface area contributed by atoms with Crippen molar-refractivity contribution in [2.24, 2.45) is 0 Å². The molecule has 0 aliphatic heterocycles. The van der Waals surface area contributed by atoms with Crippen LogP contribution < -0.4 is 14.4 Å². The molecule has 0 bridgehead atoms. The van der Waals surface area contributed by atoms with E-state index in [1.54, 1.807) is 19.2 Å². The first kappa shape index (κ1) is 22.6. The Morgan fingerprint density at radius 2 is 1.74 bits per heavy atom. The van der Waals surface area contributed by atoms with E-state index in [1.807, 2.05) is 12.1 Å².